The van der Waals surface area contributed by atoms with E-state index >= 15 is 0 Å². The summed E-state index contributed by atoms with van der Waals surface area (Å²) in [5.41, 5.74) is 3.34. The number of hydrogen-bond donors (Lipinski definition) is 1. The SMILES string of the molecule is CCc1cccc(-c2ccc(OCc3c(CC)cccc3N(C)N)c(C(F)(F)F)c2)n1. The molecule has 3 rings (SSSR count). The Morgan fingerprint density at radius 1 is 1.00 bits per heavy atom. The molecule has 4 nitrogen and oxygen atoms in total. The van der Waals surface area contributed by atoms with Gasteiger partial charge in [0.15, 0.2) is 0 Å². The first-order valence-electron chi connectivity index (χ1n) is 10.1. The van der Waals surface area contributed by atoms with Gasteiger partial charge in [-0.3, -0.25) is 4.98 Å². The van der Waals surface area contributed by atoms with E-state index < -0.39 is 11.7 Å². The van der Waals surface area contributed by atoms with E-state index in [-0.39, 0.29) is 12.4 Å². The molecule has 0 bridgehead atoms. The third-order valence-electron chi connectivity index (χ3n) is 5.13. The number of nitrogens with two attached hydrogens (primary N) is 1. The highest BCUT2D eigenvalue weighted by Crippen LogP contribution is 2.39. The summed E-state index contributed by atoms with van der Waals surface area (Å²) in [5.74, 6) is 5.68. The molecule has 3 aromatic rings. The molecule has 0 amide bonds. The number of aryl methyl sites for hydroxylation is 2. The standard InChI is InChI=1S/C24H26F3N3O/c1-4-16-8-6-11-22(30(3)28)19(16)15-31-23-13-12-17(14-20(23)24(25,26)27)21-10-7-9-18(5-2)29-21/h6-14H,4-5,15,28H2,1-3H3. The van der Waals surface area contributed by atoms with Crippen LogP contribution >= 0.6 is 0 Å². The first-order valence-corrected chi connectivity index (χ1v) is 10.1. The predicted octanol–water partition coefficient (Wildman–Crippen LogP) is 5.78. The molecule has 7 heteroatoms. The number of rotatable bonds is 7. The Balaban J connectivity index is 1.97. The largest absolute Gasteiger partial charge is 0.488 e. The summed E-state index contributed by atoms with van der Waals surface area (Å²) in [6, 6.07) is 15.0. The normalized spacial score (nSPS) is 11.5. The van der Waals surface area contributed by atoms with Crippen molar-refractivity contribution in [3.63, 3.8) is 0 Å². The van der Waals surface area contributed by atoms with Crippen molar-refractivity contribution in [1.29, 1.82) is 0 Å². The second-order valence-electron chi connectivity index (χ2n) is 7.24. The number of nitrogens with zero attached hydrogens (tertiary/aromatic N) is 2. The van der Waals surface area contributed by atoms with Crippen LogP contribution in [0.15, 0.2) is 54.6 Å². The van der Waals surface area contributed by atoms with Crippen molar-refractivity contribution >= 4 is 5.69 Å². The first kappa shape index (κ1) is 22.6. The van der Waals surface area contributed by atoms with Crippen molar-refractivity contribution < 1.29 is 17.9 Å². The van der Waals surface area contributed by atoms with E-state index in [9.17, 15) is 13.2 Å². The van der Waals surface area contributed by atoms with E-state index in [4.69, 9.17) is 10.6 Å². The van der Waals surface area contributed by atoms with Crippen molar-refractivity contribution in [1.82, 2.24) is 4.98 Å². The van der Waals surface area contributed by atoms with Crippen molar-refractivity contribution in [3.8, 4) is 17.0 Å². The molecule has 0 aliphatic carbocycles. The lowest BCUT2D eigenvalue weighted by molar-refractivity contribution is -0.139. The van der Waals surface area contributed by atoms with Gasteiger partial charge < -0.3 is 9.75 Å². The van der Waals surface area contributed by atoms with Gasteiger partial charge in [0.25, 0.3) is 0 Å². The lowest BCUT2D eigenvalue weighted by Gasteiger charge is -2.21. The maximum Gasteiger partial charge on any atom is 0.419 e. The Labute approximate surface area is 180 Å². The van der Waals surface area contributed by atoms with Crippen LogP contribution in [-0.2, 0) is 25.6 Å². The molecule has 164 valence electrons. The molecule has 0 radical (unpaired) electrons. The lowest BCUT2D eigenvalue weighted by atomic mass is 10.0. The maximum absolute atomic E-state index is 13.8. The molecule has 0 unspecified atom stereocenters. The molecule has 0 spiro atoms. The predicted molar refractivity (Wildman–Crippen MR) is 117 cm³/mol. The molecule has 0 aliphatic rings. The van der Waals surface area contributed by atoms with Gasteiger partial charge in [0.1, 0.15) is 12.4 Å². The van der Waals surface area contributed by atoms with Crippen LogP contribution in [0.5, 0.6) is 5.75 Å². The van der Waals surface area contributed by atoms with Crippen LogP contribution < -0.4 is 15.6 Å². The van der Waals surface area contributed by atoms with Gasteiger partial charge in [0, 0.05) is 23.9 Å². The van der Waals surface area contributed by atoms with Gasteiger partial charge in [-0.05, 0) is 54.8 Å². The molecule has 2 aromatic carbocycles. The zero-order valence-corrected chi connectivity index (χ0v) is 17.8. The van der Waals surface area contributed by atoms with Gasteiger partial charge in [-0.15, -0.1) is 0 Å². The number of alkyl halides is 3. The molecule has 0 aliphatic heterocycles. The third kappa shape index (κ3) is 5.17. The van der Waals surface area contributed by atoms with Gasteiger partial charge in [-0.1, -0.05) is 32.0 Å². The number of ether oxygens (including phenoxy) is 1. The molecular weight excluding hydrogens is 403 g/mol. The molecule has 31 heavy (non-hydrogen) atoms. The van der Waals surface area contributed by atoms with Crippen molar-refractivity contribution in [3.05, 3.63) is 77.0 Å². The van der Waals surface area contributed by atoms with Crippen LogP contribution in [0.4, 0.5) is 18.9 Å². The first-order chi connectivity index (χ1) is 14.7. The van der Waals surface area contributed by atoms with E-state index in [1.54, 1.807) is 25.2 Å². The van der Waals surface area contributed by atoms with Gasteiger partial charge in [-0.2, -0.15) is 13.2 Å². The van der Waals surface area contributed by atoms with Crippen LogP contribution in [0.3, 0.4) is 0 Å². The Kier molecular flexibility index (Phi) is 6.85. The number of benzene rings is 2. The van der Waals surface area contributed by atoms with Crippen molar-refractivity contribution in [2.24, 2.45) is 5.84 Å². The maximum atomic E-state index is 13.8. The average molecular weight is 429 g/mol. The molecule has 1 aromatic heterocycles. The Bertz CT molecular complexity index is 1050. The van der Waals surface area contributed by atoms with Gasteiger partial charge in [-0.25, -0.2) is 5.84 Å². The summed E-state index contributed by atoms with van der Waals surface area (Å²) in [4.78, 5) is 4.43. The number of hydrazine groups is 1. The van der Waals surface area contributed by atoms with Crippen LogP contribution in [0.1, 0.15) is 36.2 Å². The van der Waals surface area contributed by atoms with E-state index in [1.165, 1.54) is 11.1 Å². The zero-order chi connectivity index (χ0) is 22.6. The quantitative estimate of drug-likeness (QED) is 0.382. The smallest absolute Gasteiger partial charge is 0.419 e. The van der Waals surface area contributed by atoms with Crippen LogP contribution in [0, 0.1) is 0 Å². The van der Waals surface area contributed by atoms with Crippen molar-refractivity contribution in [2.75, 3.05) is 12.1 Å². The minimum Gasteiger partial charge on any atom is -0.488 e. The minimum absolute atomic E-state index is 0.0209. The highest BCUT2D eigenvalue weighted by molar-refractivity contribution is 5.63. The number of hydrogen-bond acceptors (Lipinski definition) is 4. The second kappa shape index (κ2) is 9.39. The Morgan fingerprint density at radius 3 is 2.39 bits per heavy atom. The van der Waals surface area contributed by atoms with Gasteiger partial charge in [0.05, 0.1) is 16.9 Å². The van der Waals surface area contributed by atoms with E-state index in [0.717, 1.165) is 22.9 Å². The molecule has 2 N–H and O–H groups in total. The molecule has 0 fully saturated rings. The lowest BCUT2D eigenvalue weighted by Crippen LogP contribution is -2.27. The zero-order valence-electron chi connectivity index (χ0n) is 17.8. The van der Waals surface area contributed by atoms with Crippen LogP contribution in [0.25, 0.3) is 11.3 Å². The molecule has 1 heterocycles. The fraction of sp³-hybridized carbons (Fsp3) is 0.292. The number of halogens is 3. The summed E-state index contributed by atoms with van der Waals surface area (Å²) in [6.45, 7) is 3.91. The summed E-state index contributed by atoms with van der Waals surface area (Å²) >= 11 is 0. The third-order valence-corrected chi connectivity index (χ3v) is 5.13. The summed E-state index contributed by atoms with van der Waals surface area (Å²) in [5, 5.41) is 1.44. The topological polar surface area (TPSA) is 51.4 Å². The van der Waals surface area contributed by atoms with Crippen LogP contribution in [0.2, 0.25) is 0 Å². The van der Waals surface area contributed by atoms with Gasteiger partial charge >= 0.3 is 6.18 Å². The van der Waals surface area contributed by atoms with Crippen molar-refractivity contribution in [2.45, 2.75) is 39.5 Å². The Morgan fingerprint density at radius 2 is 1.74 bits per heavy atom. The Hall–Kier alpha value is -3.06. The number of aromatic nitrogens is 1. The summed E-state index contributed by atoms with van der Waals surface area (Å²) in [6.07, 6.45) is -3.15. The summed E-state index contributed by atoms with van der Waals surface area (Å²) < 4.78 is 47.2. The average Bonchev–Trinajstić information content (AvgIpc) is 2.76. The molecule has 0 saturated heterocycles. The van der Waals surface area contributed by atoms with E-state index in [2.05, 4.69) is 4.98 Å². The minimum atomic E-state index is -4.56. The molecule has 0 saturated carbocycles. The molecular formula is C24H26F3N3O. The number of anilines is 1. The fourth-order valence-corrected chi connectivity index (χ4v) is 3.47. The van der Waals surface area contributed by atoms with E-state index in [1.807, 2.05) is 38.1 Å². The second-order valence-corrected chi connectivity index (χ2v) is 7.24. The van der Waals surface area contributed by atoms with Crippen LogP contribution in [-0.4, -0.2) is 12.0 Å². The monoisotopic (exact) mass is 429 g/mol. The number of pyridine rings is 1. The molecule has 0 atom stereocenters. The highest BCUT2D eigenvalue weighted by Gasteiger charge is 2.35. The highest BCUT2D eigenvalue weighted by atomic mass is 19.4. The summed E-state index contributed by atoms with van der Waals surface area (Å²) in [7, 11) is 1.69. The van der Waals surface area contributed by atoms with E-state index in [0.29, 0.717) is 29.8 Å². The fourth-order valence-electron chi connectivity index (χ4n) is 3.47. The van der Waals surface area contributed by atoms with Gasteiger partial charge in [0.2, 0.25) is 0 Å².